The topological polar surface area (TPSA) is 90.0 Å². The van der Waals surface area contributed by atoms with Crippen LogP contribution in [0.15, 0.2) is 42.0 Å². The largest absolute Gasteiger partial charge is 0.335 e. The van der Waals surface area contributed by atoms with Crippen LogP contribution in [0, 0.1) is 17.0 Å². The zero-order valence-corrected chi connectivity index (χ0v) is 26.3. The van der Waals surface area contributed by atoms with Crippen LogP contribution in [-0.4, -0.2) is 76.1 Å². The lowest BCUT2D eigenvalue weighted by molar-refractivity contribution is -0.136. The van der Waals surface area contributed by atoms with Crippen molar-refractivity contribution < 1.29 is 28.0 Å². The number of rotatable bonds is 5. The fraction of sp³-hybridized carbons (Fsp3) is 0.486. The number of nitrogens with one attached hydrogen (secondary N) is 1. The summed E-state index contributed by atoms with van der Waals surface area (Å²) >= 11 is 0. The SMILES string of the molecule is CC1CN(C(=O)c2cc3c(cc2F)C(=O)N(C2CCC(=O)NC2=O)C3)CC(C)N1CC1=C(c2ccc(F)cc2)CC(C)(C)CC1. The summed E-state index contributed by atoms with van der Waals surface area (Å²) in [6.07, 6.45) is 3.26. The Balaban J connectivity index is 1.18. The van der Waals surface area contributed by atoms with E-state index in [4.69, 9.17) is 0 Å². The number of benzene rings is 2. The minimum absolute atomic E-state index is 0.0108. The molecule has 2 fully saturated rings. The molecule has 0 bridgehead atoms. The molecule has 0 saturated carbocycles. The fourth-order valence-electron chi connectivity index (χ4n) is 7.44. The van der Waals surface area contributed by atoms with E-state index in [0.717, 1.165) is 37.4 Å². The average molecular weight is 619 g/mol. The molecule has 0 aromatic heterocycles. The average Bonchev–Trinajstić information content (AvgIpc) is 3.29. The molecule has 3 atom stereocenters. The van der Waals surface area contributed by atoms with Gasteiger partial charge in [-0.1, -0.05) is 31.6 Å². The molecule has 238 valence electrons. The molecule has 1 N–H and O–H groups in total. The van der Waals surface area contributed by atoms with Crippen molar-refractivity contribution in [2.75, 3.05) is 19.6 Å². The third kappa shape index (κ3) is 6.04. The van der Waals surface area contributed by atoms with Gasteiger partial charge in [-0.05, 0) is 85.9 Å². The van der Waals surface area contributed by atoms with Crippen LogP contribution in [0.2, 0.25) is 0 Å². The maximum Gasteiger partial charge on any atom is 0.256 e. The number of carbonyl (C=O) groups is 4. The van der Waals surface area contributed by atoms with Crippen LogP contribution in [-0.2, 0) is 16.1 Å². The first kappa shape index (κ1) is 31.1. The van der Waals surface area contributed by atoms with E-state index in [1.165, 1.54) is 34.2 Å². The zero-order valence-electron chi connectivity index (χ0n) is 26.3. The van der Waals surface area contributed by atoms with Gasteiger partial charge in [-0.3, -0.25) is 29.4 Å². The summed E-state index contributed by atoms with van der Waals surface area (Å²) in [5.41, 5.74) is 4.36. The lowest BCUT2D eigenvalue weighted by atomic mass is 9.72. The van der Waals surface area contributed by atoms with Crippen LogP contribution in [0.4, 0.5) is 8.78 Å². The lowest BCUT2D eigenvalue weighted by Gasteiger charge is -2.46. The Morgan fingerprint density at radius 1 is 1.00 bits per heavy atom. The molecule has 2 aromatic rings. The molecule has 3 aliphatic heterocycles. The minimum Gasteiger partial charge on any atom is -0.335 e. The molecule has 4 amide bonds. The normalized spacial score (nSPS) is 25.5. The first-order valence-electron chi connectivity index (χ1n) is 15.8. The number of fused-ring (bicyclic) bond motifs is 1. The van der Waals surface area contributed by atoms with E-state index in [9.17, 15) is 23.6 Å². The quantitative estimate of drug-likeness (QED) is 0.481. The van der Waals surface area contributed by atoms with E-state index in [1.54, 1.807) is 4.90 Å². The maximum atomic E-state index is 15.4. The third-order valence-electron chi connectivity index (χ3n) is 9.98. The number of hydrogen-bond donors (Lipinski definition) is 1. The van der Waals surface area contributed by atoms with Crippen LogP contribution >= 0.6 is 0 Å². The second kappa shape index (κ2) is 11.8. The fourth-order valence-corrected chi connectivity index (χ4v) is 7.44. The summed E-state index contributed by atoms with van der Waals surface area (Å²) in [4.78, 5) is 56.2. The minimum atomic E-state index is -0.812. The van der Waals surface area contributed by atoms with Gasteiger partial charge in [-0.2, -0.15) is 0 Å². The maximum absolute atomic E-state index is 15.4. The molecule has 45 heavy (non-hydrogen) atoms. The summed E-state index contributed by atoms with van der Waals surface area (Å²) < 4.78 is 29.1. The van der Waals surface area contributed by atoms with Crippen LogP contribution in [0.3, 0.4) is 0 Å². The number of halogens is 2. The first-order chi connectivity index (χ1) is 21.3. The lowest BCUT2D eigenvalue weighted by Crippen LogP contribution is -2.58. The van der Waals surface area contributed by atoms with Crippen molar-refractivity contribution in [2.45, 2.75) is 84.5 Å². The van der Waals surface area contributed by atoms with Gasteiger partial charge in [0.25, 0.3) is 11.8 Å². The van der Waals surface area contributed by atoms with Gasteiger partial charge in [0.1, 0.15) is 17.7 Å². The molecular weight excluding hydrogens is 578 g/mol. The molecule has 4 aliphatic rings. The van der Waals surface area contributed by atoms with Gasteiger partial charge in [0.15, 0.2) is 0 Å². The van der Waals surface area contributed by atoms with Crippen molar-refractivity contribution in [1.29, 1.82) is 0 Å². The smallest absolute Gasteiger partial charge is 0.256 e. The molecule has 3 heterocycles. The molecule has 3 unspecified atom stereocenters. The van der Waals surface area contributed by atoms with Gasteiger partial charge in [-0.15, -0.1) is 0 Å². The molecule has 10 heteroatoms. The Hall–Kier alpha value is -3.92. The van der Waals surface area contributed by atoms with E-state index >= 15 is 4.39 Å². The highest BCUT2D eigenvalue weighted by Gasteiger charge is 2.41. The Bertz CT molecular complexity index is 1590. The number of allylic oxidation sites excluding steroid dienone is 1. The molecule has 8 nitrogen and oxygen atoms in total. The van der Waals surface area contributed by atoms with Crippen LogP contribution in [0.5, 0.6) is 0 Å². The predicted octanol–water partition coefficient (Wildman–Crippen LogP) is 4.92. The highest BCUT2D eigenvalue weighted by molar-refractivity contribution is 6.06. The van der Waals surface area contributed by atoms with Crippen molar-refractivity contribution in [3.05, 3.63) is 75.9 Å². The zero-order chi connectivity index (χ0) is 32.2. The van der Waals surface area contributed by atoms with Gasteiger partial charge >= 0.3 is 0 Å². The van der Waals surface area contributed by atoms with Gasteiger partial charge in [-0.25, -0.2) is 8.78 Å². The van der Waals surface area contributed by atoms with Gasteiger partial charge in [0, 0.05) is 50.2 Å². The molecule has 0 spiro atoms. The van der Waals surface area contributed by atoms with Crippen molar-refractivity contribution in [3.63, 3.8) is 0 Å². The number of piperazine rings is 1. The summed E-state index contributed by atoms with van der Waals surface area (Å²) in [5, 5.41) is 2.26. The molecule has 2 saturated heterocycles. The molecule has 0 radical (unpaired) electrons. The summed E-state index contributed by atoms with van der Waals surface area (Å²) in [6, 6.07) is 8.50. The van der Waals surface area contributed by atoms with Crippen molar-refractivity contribution >= 4 is 29.2 Å². The van der Waals surface area contributed by atoms with Gasteiger partial charge in [0.2, 0.25) is 11.8 Å². The number of amides is 4. The number of imide groups is 1. The van der Waals surface area contributed by atoms with Crippen LogP contribution in [0.1, 0.15) is 91.6 Å². The second-order valence-electron chi connectivity index (χ2n) is 13.9. The second-order valence-corrected chi connectivity index (χ2v) is 13.9. The molecular formula is C35H40F2N4O4. The first-order valence-corrected chi connectivity index (χ1v) is 15.8. The highest BCUT2D eigenvalue weighted by Crippen LogP contribution is 2.43. The van der Waals surface area contributed by atoms with Gasteiger partial charge < -0.3 is 9.80 Å². The Labute approximate surface area is 262 Å². The summed E-state index contributed by atoms with van der Waals surface area (Å²) in [5.74, 6) is -2.84. The van der Waals surface area contributed by atoms with Crippen molar-refractivity contribution in [1.82, 2.24) is 20.0 Å². The highest BCUT2D eigenvalue weighted by atomic mass is 19.1. The van der Waals surface area contributed by atoms with E-state index in [-0.39, 0.29) is 59.7 Å². The standard InChI is InChI=1S/C35H40F2N4O4/c1-20-16-39(17-21(2)40(20)18-23-11-12-35(3,4)15-28(23)22-5-7-25(36)8-6-22)33(44)27-13-24-19-41(34(45)26(24)14-29(27)37)30-9-10-31(42)38-32(30)43/h5-8,13-14,20-21,30H,9-12,15-19H2,1-4H3,(H,38,42,43). The predicted molar refractivity (Wildman–Crippen MR) is 165 cm³/mol. The Kier molecular flexibility index (Phi) is 8.14. The molecule has 2 aromatic carbocycles. The number of carbonyl (C=O) groups excluding carboxylic acids is 4. The Morgan fingerprint density at radius 3 is 2.36 bits per heavy atom. The summed E-state index contributed by atoms with van der Waals surface area (Å²) in [7, 11) is 0. The number of nitrogens with zero attached hydrogens (tertiary/aromatic N) is 3. The Morgan fingerprint density at radius 2 is 1.69 bits per heavy atom. The van der Waals surface area contributed by atoms with Crippen molar-refractivity contribution in [3.8, 4) is 0 Å². The van der Waals surface area contributed by atoms with E-state index in [2.05, 4.69) is 37.9 Å². The third-order valence-corrected chi connectivity index (χ3v) is 9.98. The van der Waals surface area contributed by atoms with E-state index in [1.807, 2.05) is 12.1 Å². The van der Waals surface area contributed by atoms with Gasteiger partial charge in [0.05, 0.1) is 5.56 Å². The van der Waals surface area contributed by atoms with Crippen LogP contribution in [0.25, 0.3) is 5.57 Å². The van der Waals surface area contributed by atoms with Crippen LogP contribution < -0.4 is 5.32 Å². The molecule has 6 rings (SSSR count). The number of hydrogen-bond acceptors (Lipinski definition) is 5. The van der Waals surface area contributed by atoms with Crippen molar-refractivity contribution in [2.24, 2.45) is 5.41 Å². The number of piperidine rings is 1. The van der Waals surface area contributed by atoms with E-state index in [0.29, 0.717) is 18.7 Å². The summed E-state index contributed by atoms with van der Waals surface area (Å²) in [6.45, 7) is 10.4. The monoisotopic (exact) mass is 618 g/mol. The molecule has 1 aliphatic carbocycles. The van der Waals surface area contributed by atoms with E-state index < -0.39 is 29.6 Å².